The molecule has 3 aromatic carbocycles. The number of benzene rings is 3. The summed E-state index contributed by atoms with van der Waals surface area (Å²) in [7, 11) is 0. The number of primary amides is 1. The number of rotatable bonds is 8. The van der Waals surface area contributed by atoms with Crippen LogP contribution in [0.15, 0.2) is 84.9 Å². The van der Waals surface area contributed by atoms with Crippen molar-refractivity contribution in [3.63, 3.8) is 0 Å². The van der Waals surface area contributed by atoms with Crippen molar-refractivity contribution in [1.82, 2.24) is 10.2 Å². The maximum atomic E-state index is 13.1. The molecule has 2 unspecified atom stereocenters. The zero-order valence-electron chi connectivity index (χ0n) is 21.2. The van der Waals surface area contributed by atoms with Gasteiger partial charge in [0.25, 0.3) is 5.91 Å². The molecule has 0 bridgehead atoms. The largest absolute Gasteiger partial charge is 0.416 e. The Morgan fingerprint density at radius 1 is 0.921 bits per heavy atom. The number of alkyl halides is 3. The fourth-order valence-corrected chi connectivity index (χ4v) is 5.41. The summed E-state index contributed by atoms with van der Waals surface area (Å²) < 4.78 is 39.1. The lowest BCUT2D eigenvalue weighted by molar-refractivity contribution is -0.137. The van der Waals surface area contributed by atoms with Crippen molar-refractivity contribution in [2.75, 3.05) is 13.1 Å². The number of nitrogens with zero attached hydrogens (tertiary/aromatic N) is 1. The second-order valence-electron chi connectivity index (χ2n) is 9.91. The molecule has 0 aromatic heterocycles. The van der Waals surface area contributed by atoms with Gasteiger partial charge in [-0.25, -0.2) is 0 Å². The number of piperidine rings is 1. The number of likely N-dealkylation sites (tertiary alicyclic amines) is 1. The Bertz CT molecular complexity index is 1210. The average molecular weight is 524 g/mol. The number of nitrogens with one attached hydrogen (secondary N) is 1. The number of amides is 2. The second-order valence-corrected chi connectivity index (χ2v) is 9.91. The molecule has 200 valence electrons. The summed E-state index contributed by atoms with van der Waals surface area (Å²) in [5.41, 5.74) is 5.92. The number of hydrogen-bond acceptors (Lipinski definition) is 3. The van der Waals surface area contributed by atoms with Crippen LogP contribution in [0.1, 0.15) is 53.2 Å². The third-order valence-electron chi connectivity index (χ3n) is 7.53. The lowest BCUT2D eigenvalue weighted by Gasteiger charge is -2.40. The van der Waals surface area contributed by atoms with Gasteiger partial charge in [0.1, 0.15) is 0 Å². The van der Waals surface area contributed by atoms with Crippen molar-refractivity contribution < 1.29 is 22.8 Å². The van der Waals surface area contributed by atoms with Crippen LogP contribution < -0.4 is 11.1 Å². The van der Waals surface area contributed by atoms with Gasteiger partial charge in [-0.15, -0.1) is 0 Å². The van der Waals surface area contributed by atoms with Crippen LogP contribution in [0.4, 0.5) is 13.2 Å². The highest BCUT2D eigenvalue weighted by atomic mass is 19.4. The van der Waals surface area contributed by atoms with Gasteiger partial charge >= 0.3 is 6.18 Å². The van der Waals surface area contributed by atoms with Crippen molar-refractivity contribution in [3.05, 3.63) is 107 Å². The predicted molar refractivity (Wildman–Crippen MR) is 140 cm³/mol. The van der Waals surface area contributed by atoms with Crippen LogP contribution in [0.5, 0.6) is 0 Å². The average Bonchev–Trinajstić information content (AvgIpc) is 2.90. The van der Waals surface area contributed by atoms with Crippen LogP contribution >= 0.6 is 0 Å². The maximum Gasteiger partial charge on any atom is 0.416 e. The predicted octanol–water partition coefficient (Wildman–Crippen LogP) is 5.15. The van der Waals surface area contributed by atoms with Gasteiger partial charge in [-0.1, -0.05) is 66.7 Å². The van der Waals surface area contributed by atoms with Gasteiger partial charge in [0, 0.05) is 30.7 Å². The van der Waals surface area contributed by atoms with E-state index in [0.29, 0.717) is 32.4 Å². The lowest BCUT2D eigenvalue weighted by Crippen LogP contribution is -2.51. The van der Waals surface area contributed by atoms with Gasteiger partial charge in [-0.05, 0) is 55.5 Å². The first kappa shape index (κ1) is 27.4. The first-order valence-corrected chi connectivity index (χ1v) is 12.7. The molecule has 5 nitrogen and oxygen atoms in total. The van der Waals surface area contributed by atoms with E-state index in [4.69, 9.17) is 5.73 Å². The summed E-state index contributed by atoms with van der Waals surface area (Å²) in [6.07, 6.45) is -2.72. The molecule has 8 heteroatoms. The SMILES string of the molecule is CC1CC(NC(=O)c2cccc(C(F)(F)F)c2)CCN1CCC(C(N)=O)(c1ccccc1)c1ccccc1. The molecule has 2 atom stereocenters. The molecular formula is C30H32F3N3O2. The standard InChI is InChI=1S/C30H32F3N3O2/c1-21-19-26(35-27(37)22-9-8-14-25(20-22)30(31,32)33)15-17-36(21)18-16-29(28(34)38,23-10-4-2-5-11-23)24-12-6-3-7-13-24/h2-14,20-21,26H,15-19H2,1H3,(H2,34,38)(H,35,37). The zero-order valence-corrected chi connectivity index (χ0v) is 21.2. The molecule has 3 N–H and O–H groups in total. The molecule has 1 fully saturated rings. The van der Waals surface area contributed by atoms with E-state index in [1.807, 2.05) is 60.7 Å². The van der Waals surface area contributed by atoms with Gasteiger partial charge in [0.15, 0.2) is 0 Å². The van der Waals surface area contributed by atoms with Crippen LogP contribution in [0, 0.1) is 0 Å². The summed E-state index contributed by atoms with van der Waals surface area (Å²) in [5, 5.41) is 2.90. The van der Waals surface area contributed by atoms with Crippen molar-refractivity contribution in [2.24, 2.45) is 5.73 Å². The van der Waals surface area contributed by atoms with E-state index in [9.17, 15) is 22.8 Å². The minimum Gasteiger partial charge on any atom is -0.369 e. The summed E-state index contributed by atoms with van der Waals surface area (Å²) in [5.74, 6) is -0.923. The number of halogens is 3. The van der Waals surface area contributed by atoms with E-state index in [0.717, 1.165) is 23.3 Å². The van der Waals surface area contributed by atoms with Gasteiger partial charge < -0.3 is 16.0 Å². The maximum absolute atomic E-state index is 13.1. The molecule has 1 saturated heterocycles. The summed E-state index contributed by atoms with van der Waals surface area (Å²) >= 11 is 0. The highest BCUT2D eigenvalue weighted by Crippen LogP contribution is 2.36. The monoisotopic (exact) mass is 523 g/mol. The Hall–Kier alpha value is -3.65. The highest BCUT2D eigenvalue weighted by molar-refractivity contribution is 5.94. The molecule has 0 radical (unpaired) electrons. The van der Waals surface area contributed by atoms with Gasteiger partial charge in [0.2, 0.25) is 5.91 Å². The molecule has 0 aliphatic carbocycles. The summed E-state index contributed by atoms with van der Waals surface area (Å²) in [6, 6.07) is 23.5. The van der Waals surface area contributed by atoms with E-state index in [2.05, 4.69) is 17.1 Å². The second kappa shape index (κ2) is 11.4. The molecule has 1 aliphatic heterocycles. The Morgan fingerprint density at radius 2 is 1.50 bits per heavy atom. The van der Waals surface area contributed by atoms with E-state index in [1.165, 1.54) is 12.1 Å². The Morgan fingerprint density at radius 3 is 2.03 bits per heavy atom. The molecule has 38 heavy (non-hydrogen) atoms. The molecule has 2 amide bonds. The number of carbonyl (C=O) groups is 2. The molecule has 1 heterocycles. The minimum absolute atomic E-state index is 0.00753. The number of nitrogens with two attached hydrogens (primary N) is 1. The van der Waals surface area contributed by atoms with Crippen LogP contribution in [0.3, 0.4) is 0 Å². The normalized spacial score (nSPS) is 18.6. The van der Waals surface area contributed by atoms with E-state index < -0.39 is 29.0 Å². The zero-order chi connectivity index (χ0) is 27.3. The number of hydrogen-bond donors (Lipinski definition) is 2. The molecular weight excluding hydrogens is 491 g/mol. The Labute approximate surface area is 220 Å². The highest BCUT2D eigenvalue weighted by Gasteiger charge is 2.41. The Balaban J connectivity index is 1.44. The summed E-state index contributed by atoms with van der Waals surface area (Å²) in [4.78, 5) is 28.0. The van der Waals surface area contributed by atoms with Crippen molar-refractivity contribution in [2.45, 2.75) is 49.9 Å². The first-order valence-electron chi connectivity index (χ1n) is 12.7. The van der Waals surface area contributed by atoms with Gasteiger partial charge in [-0.2, -0.15) is 13.2 Å². The molecule has 0 spiro atoms. The fraction of sp³-hybridized carbons (Fsp3) is 0.333. The van der Waals surface area contributed by atoms with Crippen molar-refractivity contribution in [1.29, 1.82) is 0 Å². The molecule has 3 aromatic rings. The number of carbonyl (C=O) groups excluding carboxylic acids is 2. The van der Waals surface area contributed by atoms with Gasteiger partial charge in [-0.3, -0.25) is 9.59 Å². The first-order chi connectivity index (χ1) is 18.1. The topological polar surface area (TPSA) is 75.4 Å². The third-order valence-corrected chi connectivity index (χ3v) is 7.53. The third kappa shape index (κ3) is 5.91. The molecule has 4 rings (SSSR count). The van der Waals surface area contributed by atoms with E-state index in [1.54, 1.807) is 0 Å². The summed E-state index contributed by atoms with van der Waals surface area (Å²) in [6.45, 7) is 3.34. The van der Waals surface area contributed by atoms with Crippen molar-refractivity contribution in [3.8, 4) is 0 Å². The van der Waals surface area contributed by atoms with Crippen LogP contribution in [-0.2, 0) is 16.4 Å². The van der Waals surface area contributed by atoms with E-state index in [-0.39, 0.29) is 17.6 Å². The smallest absolute Gasteiger partial charge is 0.369 e. The van der Waals surface area contributed by atoms with Gasteiger partial charge in [0.05, 0.1) is 11.0 Å². The van der Waals surface area contributed by atoms with Crippen molar-refractivity contribution >= 4 is 11.8 Å². The fourth-order valence-electron chi connectivity index (χ4n) is 5.41. The molecule has 0 saturated carbocycles. The van der Waals surface area contributed by atoms with Crippen LogP contribution in [0.25, 0.3) is 0 Å². The van der Waals surface area contributed by atoms with E-state index >= 15 is 0 Å². The van der Waals surface area contributed by atoms with Crippen LogP contribution in [-0.4, -0.2) is 41.9 Å². The quantitative estimate of drug-likeness (QED) is 0.429. The molecule has 1 aliphatic rings. The Kier molecular flexibility index (Phi) is 8.21. The minimum atomic E-state index is -4.50. The lowest BCUT2D eigenvalue weighted by atomic mass is 9.71. The van der Waals surface area contributed by atoms with Crippen LogP contribution in [0.2, 0.25) is 0 Å².